The van der Waals surface area contributed by atoms with Gasteiger partial charge in [0, 0.05) is 18.5 Å². The molecule has 1 aromatic heterocycles. The average molecular weight is 351 g/mol. The molecule has 1 aliphatic rings. The van der Waals surface area contributed by atoms with Crippen molar-refractivity contribution in [1.82, 2.24) is 19.9 Å². The van der Waals surface area contributed by atoms with Crippen LogP contribution in [0.1, 0.15) is 23.4 Å². The Balaban J connectivity index is 1.64. The number of hydrogen-bond acceptors (Lipinski definition) is 6. The fourth-order valence-corrected chi connectivity index (χ4v) is 2.50. The van der Waals surface area contributed by atoms with Crippen molar-refractivity contribution < 1.29 is 19.2 Å². The Morgan fingerprint density at radius 3 is 2.67 bits per heavy atom. The van der Waals surface area contributed by atoms with Crippen LogP contribution in [0.2, 0.25) is 5.02 Å². The summed E-state index contributed by atoms with van der Waals surface area (Å²) in [5.74, 6) is 0.119. The van der Waals surface area contributed by atoms with Gasteiger partial charge in [0.2, 0.25) is 5.89 Å². The molecule has 3 rings (SSSR count). The van der Waals surface area contributed by atoms with E-state index in [1.165, 1.54) is 4.90 Å². The van der Waals surface area contributed by atoms with E-state index in [1.54, 1.807) is 31.3 Å². The number of aliphatic hydroxyl groups is 1. The van der Waals surface area contributed by atoms with Crippen LogP contribution in [0.15, 0.2) is 28.8 Å². The highest BCUT2D eigenvalue weighted by atomic mass is 35.5. The molecule has 0 aliphatic carbocycles. The predicted molar refractivity (Wildman–Crippen MR) is 83.0 cm³/mol. The minimum atomic E-state index is -0.811. The number of rotatable bonds is 5. The van der Waals surface area contributed by atoms with Gasteiger partial charge in [0.05, 0.1) is 6.10 Å². The van der Waals surface area contributed by atoms with Crippen LogP contribution in [0.5, 0.6) is 0 Å². The van der Waals surface area contributed by atoms with Crippen LogP contribution in [0, 0.1) is 0 Å². The van der Waals surface area contributed by atoms with Gasteiger partial charge < -0.3 is 14.5 Å². The lowest BCUT2D eigenvalue weighted by Crippen LogP contribution is -2.31. The molecule has 1 N–H and O–H groups in total. The first-order chi connectivity index (χ1) is 11.4. The number of hydrogen-bond donors (Lipinski definition) is 1. The molecule has 1 aliphatic heterocycles. The Hall–Kier alpha value is -2.45. The summed E-state index contributed by atoms with van der Waals surface area (Å²) in [5, 5.41) is 14.5. The fourth-order valence-electron chi connectivity index (χ4n) is 2.37. The summed E-state index contributed by atoms with van der Waals surface area (Å²) in [6, 6.07) is 6.39. The van der Waals surface area contributed by atoms with Crippen molar-refractivity contribution in [3.05, 3.63) is 46.6 Å². The number of urea groups is 1. The first kappa shape index (κ1) is 16.4. The molecule has 0 unspecified atom stereocenters. The van der Waals surface area contributed by atoms with Gasteiger partial charge in [0.25, 0.3) is 5.91 Å². The molecule has 0 bridgehead atoms. The molecule has 126 valence electrons. The predicted octanol–water partition coefficient (Wildman–Crippen LogP) is 1.39. The number of nitrogens with zero attached hydrogens (tertiary/aromatic N) is 4. The van der Waals surface area contributed by atoms with Gasteiger partial charge in [-0.3, -0.25) is 9.69 Å². The van der Waals surface area contributed by atoms with Gasteiger partial charge in [0.15, 0.2) is 5.82 Å². The van der Waals surface area contributed by atoms with E-state index in [9.17, 15) is 14.7 Å². The lowest BCUT2D eigenvalue weighted by atomic mass is 10.1. The van der Waals surface area contributed by atoms with Crippen molar-refractivity contribution in [1.29, 1.82) is 0 Å². The topological polar surface area (TPSA) is 99.8 Å². The molecular weight excluding hydrogens is 336 g/mol. The van der Waals surface area contributed by atoms with Crippen LogP contribution < -0.4 is 0 Å². The Kier molecular flexibility index (Phi) is 4.50. The molecule has 0 spiro atoms. The largest absolute Gasteiger partial charge is 0.388 e. The quantitative estimate of drug-likeness (QED) is 0.818. The van der Waals surface area contributed by atoms with Gasteiger partial charge in [-0.25, -0.2) is 4.79 Å². The Bertz CT molecular complexity index is 761. The number of aliphatic hydroxyl groups excluding tert-OH is 1. The highest BCUT2D eigenvalue weighted by molar-refractivity contribution is 6.30. The second-order valence-corrected chi connectivity index (χ2v) is 5.93. The maximum atomic E-state index is 11.8. The Morgan fingerprint density at radius 2 is 2.04 bits per heavy atom. The monoisotopic (exact) mass is 350 g/mol. The first-order valence-corrected chi connectivity index (χ1v) is 7.62. The van der Waals surface area contributed by atoms with E-state index in [2.05, 4.69) is 10.1 Å². The number of carbonyl (C=O) groups is 2. The standard InChI is InChI=1S/C15H15ClN4O4/c1-19-8-14(22)20(15(19)23)7-13-17-12(18-24-13)6-11(21)9-2-4-10(16)5-3-9/h2-5,11,21H,6-8H2,1H3/t11-/m0/s1. The van der Waals surface area contributed by atoms with Crippen molar-refractivity contribution in [3.8, 4) is 0 Å². The van der Waals surface area contributed by atoms with Gasteiger partial charge in [-0.15, -0.1) is 0 Å². The SMILES string of the molecule is CN1CC(=O)N(Cc2nc(C[C@H](O)c3ccc(Cl)cc3)no2)C1=O. The first-order valence-electron chi connectivity index (χ1n) is 7.24. The molecule has 2 aromatic rings. The Labute approximate surface area is 142 Å². The number of amides is 3. The fraction of sp³-hybridized carbons (Fsp3) is 0.333. The van der Waals surface area contributed by atoms with Crippen LogP contribution in [0.25, 0.3) is 0 Å². The molecule has 3 amide bonds. The summed E-state index contributed by atoms with van der Waals surface area (Å²) in [7, 11) is 1.54. The van der Waals surface area contributed by atoms with Crippen LogP contribution >= 0.6 is 11.6 Å². The summed E-state index contributed by atoms with van der Waals surface area (Å²) in [5.41, 5.74) is 0.678. The summed E-state index contributed by atoms with van der Waals surface area (Å²) in [6.07, 6.45) is -0.665. The second kappa shape index (κ2) is 6.58. The molecule has 8 nitrogen and oxygen atoms in total. The smallest absolute Gasteiger partial charge is 0.327 e. The molecule has 24 heavy (non-hydrogen) atoms. The van der Waals surface area contributed by atoms with E-state index in [-0.39, 0.29) is 31.3 Å². The van der Waals surface area contributed by atoms with Crippen LogP contribution in [-0.2, 0) is 17.8 Å². The molecule has 0 radical (unpaired) electrons. The number of carbonyl (C=O) groups excluding carboxylic acids is 2. The number of likely N-dealkylation sites (N-methyl/N-ethyl adjacent to an activating group) is 1. The van der Waals surface area contributed by atoms with Gasteiger partial charge in [-0.1, -0.05) is 28.9 Å². The maximum Gasteiger partial charge on any atom is 0.327 e. The third-order valence-electron chi connectivity index (χ3n) is 3.67. The highest BCUT2D eigenvalue weighted by Gasteiger charge is 2.34. The van der Waals surface area contributed by atoms with Crippen LogP contribution in [-0.4, -0.2) is 50.6 Å². The van der Waals surface area contributed by atoms with Crippen LogP contribution in [0.3, 0.4) is 0 Å². The second-order valence-electron chi connectivity index (χ2n) is 5.49. The molecule has 0 saturated carbocycles. The zero-order valence-electron chi connectivity index (χ0n) is 12.8. The minimum Gasteiger partial charge on any atom is -0.388 e. The number of benzene rings is 1. The lowest BCUT2D eigenvalue weighted by molar-refractivity contribution is -0.125. The zero-order valence-corrected chi connectivity index (χ0v) is 13.6. The third kappa shape index (κ3) is 3.39. The van der Waals surface area contributed by atoms with Gasteiger partial charge in [-0.2, -0.15) is 4.98 Å². The number of halogens is 1. The van der Waals surface area contributed by atoms with Crippen molar-refractivity contribution in [2.24, 2.45) is 0 Å². The van der Waals surface area contributed by atoms with Gasteiger partial charge in [0.1, 0.15) is 13.1 Å². The maximum absolute atomic E-state index is 11.8. The molecular formula is C15H15ClN4O4. The normalized spacial score (nSPS) is 16.1. The molecule has 2 heterocycles. The summed E-state index contributed by atoms with van der Waals surface area (Å²) < 4.78 is 5.06. The molecule has 1 saturated heterocycles. The van der Waals surface area contributed by atoms with Crippen molar-refractivity contribution in [3.63, 3.8) is 0 Å². The minimum absolute atomic E-state index is 0.0368. The van der Waals surface area contributed by atoms with Crippen molar-refractivity contribution in [2.45, 2.75) is 19.1 Å². The number of aromatic nitrogens is 2. The van der Waals surface area contributed by atoms with E-state index in [4.69, 9.17) is 16.1 Å². The number of imide groups is 1. The lowest BCUT2D eigenvalue weighted by Gasteiger charge is -2.10. The highest BCUT2D eigenvalue weighted by Crippen LogP contribution is 2.20. The summed E-state index contributed by atoms with van der Waals surface area (Å²) >= 11 is 5.81. The van der Waals surface area contributed by atoms with Gasteiger partial charge >= 0.3 is 6.03 Å². The van der Waals surface area contributed by atoms with Crippen molar-refractivity contribution in [2.75, 3.05) is 13.6 Å². The molecule has 1 fully saturated rings. The zero-order chi connectivity index (χ0) is 17.3. The third-order valence-corrected chi connectivity index (χ3v) is 3.92. The molecule has 9 heteroatoms. The van der Waals surface area contributed by atoms with E-state index in [0.717, 1.165) is 4.90 Å². The summed E-state index contributed by atoms with van der Waals surface area (Å²) in [6.45, 7) is -0.0405. The van der Waals surface area contributed by atoms with E-state index in [1.807, 2.05) is 0 Å². The van der Waals surface area contributed by atoms with E-state index < -0.39 is 12.1 Å². The Morgan fingerprint density at radius 1 is 1.33 bits per heavy atom. The molecule has 1 aromatic carbocycles. The van der Waals surface area contributed by atoms with Crippen molar-refractivity contribution >= 4 is 23.5 Å². The van der Waals surface area contributed by atoms with E-state index in [0.29, 0.717) is 16.4 Å². The molecule has 1 atom stereocenters. The summed E-state index contributed by atoms with van der Waals surface area (Å²) in [4.78, 5) is 30.0. The van der Waals surface area contributed by atoms with E-state index >= 15 is 0 Å². The van der Waals surface area contributed by atoms with Gasteiger partial charge in [-0.05, 0) is 17.7 Å². The average Bonchev–Trinajstić information content (AvgIpc) is 3.08. The van der Waals surface area contributed by atoms with Crippen LogP contribution in [0.4, 0.5) is 4.79 Å².